The Kier molecular flexibility index (Phi) is 6.48. The van der Waals surface area contributed by atoms with Crippen molar-refractivity contribution >= 4 is 26.0 Å². The van der Waals surface area contributed by atoms with Crippen molar-refractivity contribution in [1.29, 1.82) is 0 Å². The molecule has 1 aromatic rings. The van der Waals surface area contributed by atoms with E-state index in [1.807, 2.05) is 18.9 Å². The van der Waals surface area contributed by atoms with Gasteiger partial charge in [-0.3, -0.25) is 0 Å². The molecule has 0 aliphatic rings. The maximum Gasteiger partial charge on any atom is 0.245 e. The molecule has 0 aliphatic heterocycles. The molecule has 6 nitrogen and oxygen atoms in total. The number of furan rings is 1. The Hall–Kier alpha value is -0.410. The minimum atomic E-state index is -3.54. The third kappa shape index (κ3) is 4.88. The van der Waals surface area contributed by atoms with Gasteiger partial charge in [0, 0.05) is 19.2 Å². The molecular weight excluding hydrogens is 334 g/mol. The lowest BCUT2D eigenvalue weighted by molar-refractivity contribution is 0.358. The summed E-state index contributed by atoms with van der Waals surface area (Å²) in [4.78, 5) is 2.16. The molecule has 1 heterocycles. The van der Waals surface area contributed by atoms with Gasteiger partial charge in [-0.25, -0.2) is 13.1 Å². The third-order valence-corrected chi connectivity index (χ3v) is 4.99. The van der Waals surface area contributed by atoms with Gasteiger partial charge >= 0.3 is 0 Å². The summed E-state index contributed by atoms with van der Waals surface area (Å²) in [7, 11) is 0.167. The lowest BCUT2D eigenvalue weighted by Gasteiger charge is -2.13. The van der Waals surface area contributed by atoms with Crippen LogP contribution in [0.15, 0.2) is 20.0 Å². The average molecular weight is 354 g/mol. The number of nitrogens with one attached hydrogen (secondary N) is 2. The Morgan fingerprint density at radius 2 is 2.16 bits per heavy atom. The molecule has 0 spiro atoms. The first-order chi connectivity index (χ1) is 8.90. The van der Waals surface area contributed by atoms with Gasteiger partial charge in [-0.15, -0.1) is 0 Å². The van der Waals surface area contributed by atoms with Crippen molar-refractivity contribution in [3.8, 4) is 0 Å². The first-order valence-electron chi connectivity index (χ1n) is 6.01. The molecule has 1 rings (SSSR count). The molecule has 2 N–H and O–H groups in total. The van der Waals surface area contributed by atoms with Crippen LogP contribution in [-0.2, 0) is 16.6 Å². The number of hydrogen-bond donors (Lipinski definition) is 2. The zero-order valence-electron chi connectivity index (χ0n) is 11.4. The summed E-state index contributed by atoms with van der Waals surface area (Å²) in [5.74, 6) is 0.570. The van der Waals surface area contributed by atoms with E-state index in [2.05, 4.69) is 26.0 Å². The van der Waals surface area contributed by atoms with Crippen LogP contribution in [0.25, 0.3) is 0 Å². The van der Waals surface area contributed by atoms with Gasteiger partial charge in [-0.2, -0.15) is 0 Å². The number of likely N-dealkylation sites (N-methyl/N-ethyl adjacent to an activating group) is 1. The summed E-state index contributed by atoms with van der Waals surface area (Å²) in [5, 5.41) is 2.91. The molecule has 0 aliphatic carbocycles. The highest BCUT2D eigenvalue weighted by Crippen LogP contribution is 2.25. The van der Waals surface area contributed by atoms with Crippen molar-refractivity contribution in [2.45, 2.75) is 18.4 Å². The Morgan fingerprint density at radius 3 is 2.74 bits per heavy atom. The van der Waals surface area contributed by atoms with Gasteiger partial charge < -0.3 is 14.6 Å². The minimum absolute atomic E-state index is 0.136. The maximum atomic E-state index is 12.1. The van der Waals surface area contributed by atoms with Crippen LogP contribution in [0.5, 0.6) is 0 Å². The molecule has 0 amide bonds. The largest absolute Gasteiger partial charge is 0.452 e. The van der Waals surface area contributed by atoms with Crippen LogP contribution in [-0.4, -0.2) is 47.0 Å². The van der Waals surface area contributed by atoms with Gasteiger partial charge in [0.25, 0.3) is 0 Å². The Morgan fingerprint density at radius 1 is 1.47 bits per heavy atom. The number of sulfonamides is 1. The fraction of sp³-hybridized carbons (Fsp3) is 0.636. The number of nitrogens with zero attached hydrogens (tertiary/aromatic N) is 1. The fourth-order valence-corrected chi connectivity index (χ4v) is 3.47. The summed E-state index contributed by atoms with van der Waals surface area (Å²) >= 11 is 3.13. The maximum absolute atomic E-state index is 12.1. The molecule has 0 saturated carbocycles. The van der Waals surface area contributed by atoms with Crippen molar-refractivity contribution in [3.63, 3.8) is 0 Å². The lowest BCUT2D eigenvalue weighted by atomic mass is 10.4. The molecule has 0 radical (unpaired) electrons. The topological polar surface area (TPSA) is 74.6 Å². The Balaban J connectivity index is 2.71. The smallest absolute Gasteiger partial charge is 0.245 e. The van der Waals surface area contributed by atoms with E-state index in [-0.39, 0.29) is 9.56 Å². The van der Waals surface area contributed by atoms with E-state index >= 15 is 0 Å². The molecule has 0 bridgehead atoms. The van der Waals surface area contributed by atoms with E-state index in [0.717, 1.165) is 6.54 Å². The zero-order chi connectivity index (χ0) is 14.5. The third-order valence-electron chi connectivity index (χ3n) is 2.67. The number of halogens is 1. The van der Waals surface area contributed by atoms with Crippen LogP contribution in [0, 0.1) is 0 Å². The van der Waals surface area contributed by atoms with E-state index in [0.29, 0.717) is 25.4 Å². The number of hydrogen-bond acceptors (Lipinski definition) is 5. The predicted molar refractivity (Wildman–Crippen MR) is 77.5 cm³/mol. The minimum Gasteiger partial charge on any atom is -0.452 e. The van der Waals surface area contributed by atoms with Crippen LogP contribution >= 0.6 is 15.9 Å². The van der Waals surface area contributed by atoms with Gasteiger partial charge in [0.2, 0.25) is 10.0 Å². The molecular formula is C11H20BrN3O3S. The van der Waals surface area contributed by atoms with Crippen LogP contribution in [0.4, 0.5) is 0 Å². The van der Waals surface area contributed by atoms with Crippen molar-refractivity contribution in [3.05, 3.63) is 16.5 Å². The Labute approximate surface area is 122 Å². The normalized spacial score (nSPS) is 12.3. The van der Waals surface area contributed by atoms with Crippen LogP contribution in [0.2, 0.25) is 0 Å². The van der Waals surface area contributed by atoms with Gasteiger partial charge in [-0.05, 0) is 36.6 Å². The molecule has 0 saturated heterocycles. The van der Waals surface area contributed by atoms with Crippen molar-refractivity contribution < 1.29 is 12.8 Å². The molecule has 1 aromatic heterocycles. The van der Waals surface area contributed by atoms with Gasteiger partial charge in [-0.1, -0.05) is 6.92 Å². The van der Waals surface area contributed by atoms with Crippen molar-refractivity contribution in [2.75, 3.05) is 33.7 Å². The second-order valence-corrected chi connectivity index (χ2v) is 6.63. The second-order valence-electron chi connectivity index (χ2n) is 4.17. The summed E-state index contributed by atoms with van der Waals surface area (Å²) in [5.41, 5.74) is 0. The summed E-state index contributed by atoms with van der Waals surface area (Å²) in [6.07, 6.45) is 0. The van der Waals surface area contributed by atoms with Crippen LogP contribution in [0.1, 0.15) is 12.7 Å². The highest BCUT2D eigenvalue weighted by molar-refractivity contribution is 9.10. The molecule has 0 unspecified atom stereocenters. The average Bonchev–Trinajstić information content (AvgIpc) is 2.71. The van der Waals surface area contributed by atoms with Crippen LogP contribution in [0.3, 0.4) is 0 Å². The van der Waals surface area contributed by atoms with E-state index in [9.17, 15) is 8.42 Å². The summed E-state index contributed by atoms with van der Waals surface area (Å²) in [6.45, 7) is 4.40. The molecule has 110 valence electrons. The molecule has 0 fully saturated rings. The van der Waals surface area contributed by atoms with E-state index < -0.39 is 10.0 Å². The van der Waals surface area contributed by atoms with Crippen LogP contribution < -0.4 is 10.0 Å². The van der Waals surface area contributed by atoms with Crippen molar-refractivity contribution in [2.24, 2.45) is 0 Å². The second kappa shape index (κ2) is 7.39. The summed E-state index contributed by atoms with van der Waals surface area (Å²) < 4.78 is 32.3. The van der Waals surface area contributed by atoms with E-state index in [4.69, 9.17) is 4.42 Å². The van der Waals surface area contributed by atoms with E-state index in [1.54, 1.807) is 7.05 Å². The summed E-state index contributed by atoms with van der Waals surface area (Å²) in [6, 6.07) is 1.52. The first-order valence-corrected chi connectivity index (χ1v) is 8.29. The quantitative estimate of drug-likeness (QED) is 0.728. The van der Waals surface area contributed by atoms with E-state index in [1.165, 1.54) is 6.07 Å². The molecule has 0 aromatic carbocycles. The SMILES string of the molecule is CCN(C)CCNS(=O)(=O)c1cc(CNC)oc1Br. The van der Waals surface area contributed by atoms with Gasteiger partial charge in [0.1, 0.15) is 10.7 Å². The predicted octanol–water partition coefficient (Wildman–Crippen LogP) is 0.992. The number of rotatable bonds is 8. The van der Waals surface area contributed by atoms with Crippen molar-refractivity contribution in [1.82, 2.24) is 14.9 Å². The van der Waals surface area contributed by atoms with Gasteiger partial charge in [0.15, 0.2) is 4.67 Å². The Bertz CT molecular complexity index is 501. The van der Waals surface area contributed by atoms with Gasteiger partial charge in [0.05, 0.1) is 6.54 Å². The first kappa shape index (κ1) is 16.6. The molecule has 0 atom stereocenters. The molecule has 8 heteroatoms. The highest BCUT2D eigenvalue weighted by atomic mass is 79.9. The lowest BCUT2D eigenvalue weighted by Crippen LogP contribution is -2.32. The monoisotopic (exact) mass is 353 g/mol. The fourth-order valence-electron chi connectivity index (χ4n) is 1.45. The molecule has 19 heavy (non-hydrogen) atoms. The standard InChI is InChI=1S/C11H20BrN3O3S/c1-4-15(3)6-5-14-19(16,17)10-7-9(8-13-2)18-11(10)12/h7,13-14H,4-6,8H2,1-3H3. The highest BCUT2D eigenvalue weighted by Gasteiger charge is 2.21. The zero-order valence-corrected chi connectivity index (χ0v) is 13.8.